The number of benzene rings is 2. The van der Waals surface area contributed by atoms with Crippen LogP contribution in [0.3, 0.4) is 0 Å². The van der Waals surface area contributed by atoms with Crippen LogP contribution in [0.25, 0.3) is 0 Å². The van der Waals surface area contributed by atoms with Crippen LogP contribution in [0.2, 0.25) is 0 Å². The highest BCUT2D eigenvalue weighted by Crippen LogP contribution is 2.23. The van der Waals surface area contributed by atoms with Gasteiger partial charge in [-0.2, -0.15) is 5.26 Å². The van der Waals surface area contributed by atoms with Crippen molar-refractivity contribution in [3.8, 4) is 11.8 Å². The molecule has 0 unspecified atom stereocenters. The second-order valence-corrected chi connectivity index (χ2v) is 10.1. The predicted molar refractivity (Wildman–Crippen MR) is 136 cm³/mol. The third-order valence-corrected chi connectivity index (χ3v) is 6.64. The Balaban J connectivity index is 1.51. The van der Waals surface area contributed by atoms with Crippen molar-refractivity contribution in [3.63, 3.8) is 0 Å². The highest BCUT2D eigenvalue weighted by molar-refractivity contribution is 5.69. The Kier molecular flexibility index (Phi) is 9.71. The van der Waals surface area contributed by atoms with E-state index in [1.807, 2.05) is 6.07 Å². The molecule has 1 aliphatic carbocycles. The van der Waals surface area contributed by atoms with Crippen molar-refractivity contribution in [2.45, 2.75) is 58.0 Å². The minimum absolute atomic E-state index is 0.108. The molecule has 1 atom stereocenters. The molecule has 0 saturated heterocycles. The Morgan fingerprint density at radius 3 is 2.54 bits per heavy atom. The summed E-state index contributed by atoms with van der Waals surface area (Å²) in [5.74, 6) is 0.192. The number of carbonyl (C=O) groups is 1. The van der Waals surface area contributed by atoms with Gasteiger partial charge in [-0.3, -0.25) is 4.79 Å². The summed E-state index contributed by atoms with van der Waals surface area (Å²) in [7, 11) is 4.25. The molecule has 0 bridgehead atoms. The minimum Gasteiger partial charge on any atom is -0.489 e. The van der Waals surface area contributed by atoms with E-state index in [0.29, 0.717) is 35.4 Å². The normalized spacial score (nSPS) is 14.0. The maximum absolute atomic E-state index is 11.6. The number of ether oxygens (including phenoxy) is 2. The van der Waals surface area contributed by atoms with Crippen LogP contribution >= 0.6 is 0 Å². The van der Waals surface area contributed by atoms with E-state index in [0.717, 1.165) is 18.5 Å². The number of esters is 1. The van der Waals surface area contributed by atoms with E-state index in [4.69, 9.17) is 9.47 Å². The topological polar surface area (TPSA) is 79.6 Å². The summed E-state index contributed by atoms with van der Waals surface area (Å²) in [6, 6.07) is 14.3. The van der Waals surface area contributed by atoms with E-state index in [9.17, 15) is 15.2 Å². The summed E-state index contributed by atoms with van der Waals surface area (Å²) in [5.41, 5.74) is 5.68. The Morgan fingerprint density at radius 1 is 1.09 bits per heavy atom. The smallest absolute Gasteiger partial charge is 0.306 e. The zero-order valence-corrected chi connectivity index (χ0v) is 21.4. The van der Waals surface area contributed by atoms with Crippen molar-refractivity contribution in [2.75, 3.05) is 40.4 Å². The van der Waals surface area contributed by atoms with E-state index < -0.39 is 6.10 Å². The van der Waals surface area contributed by atoms with Gasteiger partial charge < -0.3 is 19.1 Å². The molecule has 1 N–H and O–H groups in total. The van der Waals surface area contributed by atoms with Crippen molar-refractivity contribution in [2.24, 2.45) is 0 Å². The first-order chi connectivity index (χ1) is 16.8. The molecule has 3 rings (SSSR count). The van der Waals surface area contributed by atoms with Crippen LogP contribution in [0.5, 0.6) is 5.75 Å². The fourth-order valence-corrected chi connectivity index (χ4v) is 4.69. The third kappa shape index (κ3) is 8.38. The molecule has 35 heavy (non-hydrogen) atoms. The lowest BCUT2D eigenvalue weighted by molar-refractivity contribution is -0.893. The van der Waals surface area contributed by atoms with Crippen molar-refractivity contribution in [1.82, 2.24) is 0 Å². The number of nitriles is 1. The quantitative estimate of drug-likeness (QED) is 0.368. The van der Waals surface area contributed by atoms with Gasteiger partial charge in [-0.1, -0.05) is 24.3 Å². The van der Waals surface area contributed by atoms with Gasteiger partial charge in [-0.25, -0.2) is 0 Å². The van der Waals surface area contributed by atoms with E-state index in [2.05, 4.69) is 38.4 Å². The van der Waals surface area contributed by atoms with Crippen molar-refractivity contribution in [1.29, 1.82) is 5.26 Å². The van der Waals surface area contributed by atoms with E-state index in [-0.39, 0.29) is 19.0 Å². The molecule has 0 radical (unpaired) electrons. The van der Waals surface area contributed by atoms with E-state index in [1.54, 1.807) is 19.1 Å². The first-order valence-corrected chi connectivity index (χ1v) is 12.7. The number of hydrogen-bond acceptors (Lipinski definition) is 5. The number of aliphatic hydroxyl groups is 1. The van der Waals surface area contributed by atoms with Gasteiger partial charge in [-0.15, -0.1) is 0 Å². The molecule has 188 valence electrons. The zero-order valence-electron chi connectivity index (χ0n) is 21.4. The van der Waals surface area contributed by atoms with Crippen LogP contribution in [-0.2, 0) is 35.2 Å². The molecular weight excluding hydrogens is 440 g/mol. The molecule has 0 aromatic heterocycles. The first-order valence-electron chi connectivity index (χ1n) is 12.7. The molecule has 0 amide bonds. The van der Waals surface area contributed by atoms with Gasteiger partial charge in [0.15, 0.2) is 0 Å². The summed E-state index contributed by atoms with van der Waals surface area (Å²) < 4.78 is 11.5. The average molecular weight is 480 g/mol. The highest BCUT2D eigenvalue weighted by Gasteiger charge is 2.22. The second-order valence-electron chi connectivity index (χ2n) is 10.1. The zero-order chi connectivity index (χ0) is 25.3. The Morgan fingerprint density at radius 2 is 1.80 bits per heavy atom. The van der Waals surface area contributed by atoms with Crippen LogP contribution in [0.4, 0.5) is 0 Å². The van der Waals surface area contributed by atoms with Crippen LogP contribution in [-0.4, -0.2) is 62.1 Å². The molecule has 0 fully saturated rings. The van der Waals surface area contributed by atoms with Crippen molar-refractivity contribution >= 4 is 5.97 Å². The summed E-state index contributed by atoms with van der Waals surface area (Å²) >= 11 is 0. The lowest BCUT2D eigenvalue weighted by atomic mass is 9.90. The molecule has 2 aromatic carbocycles. The summed E-state index contributed by atoms with van der Waals surface area (Å²) in [4.78, 5) is 11.6. The number of aliphatic hydroxyl groups excluding tert-OH is 1. The van der Waals surface area contributed by atoms with Crippen LogP contribution < -0.4 is 4.74 Å². The summed E-state index contributed by atoms with van der Waals surface area (Å²) in [6.07, 6.45) is 6.05. The van der Waals surface area contributed by atoms with Gasteiger partial charge in [0.05, 0.1) is 32.8 Å². The van der Waals surface area contributed by atoms with Gasteiger partial charge in [0.1, 0.15) is 31.1 Å². The highest BCUT2D eigenvalue weighted by atomic mass is 16.5. The van der Waals surface area contributed by atoms with Gasteiger partial charge >= 0.3 is 5.97 Å². The fourth-order valence-electron chi connectivity index (χ4n) is 4.69. The Labute approximate surface area is 209 Å². The van der Waals surface area contributed by atoms with Crippen LogP contribution in [0, 0.1) is 11.3 Å². The van der Waals surface area contributed by atoms with E-state index in [1.165, 1.54) is 42.4 Å². The maximum Gasteiger partial charge on any atom is 0.306 e. The summed E-state index contributed by atoms with van der Waals surface area (Å²) in [6.45, 7) is 3.72. The number of rotatable bonds is 12. The number of likely N-dealkylation sites (N-methyl/N-ethyl adjacent to an activating group) is 1. The van der Waals surface area contributed by atoms with E-state index >= 15 is 0 Å². The number of aryl methyl sites for hydroxylation is 3. The second kappa shape index (κ2) is 12.7. The molecule has 2 aromatic rings. The Hall–Kier alpha value is -2.88. The minimum atomic E-state index is -0.664. The van der Waals surface area contributed by atoms with Crippen LogP contribution in [0.15, 0.2) is 36.4 Å². The van der Waals surface area contributed by atoms with Crippen LogP contribution in [0.1, 0.15) is 54.0 Å². The Bertz CT molecular complexity index is 1040. The van der Waals surface area contributed by atoms with Gasteiger partial charge in [0.25, 0.3) is 0 Å². The summed E-state index contributed by atoms with van der Waals surface area (Å²) in [5, 5.41) is 20.1. The lowest BCUT2D eigenvalue weighted by Crippen LogP contribution is -2.48. The monoisotopic (exact) mass is 479 g/mol. The molecule has 0 aliphatic heterocycles. The SMILES string of the molecule is CCOC(=O)CCc1ccc(C#N)c(OC[C@H](O)C[N+](C)(C)CCc2ccc3c(c2)CCCC3)c1. The molecule has 0 spiro atoms. The van der Waals surface area contributed by atoms with Crippen molar-refractivity contribution < 1.29 is 23.9 Å². The molecule has 0 saturated carbocycles. The van der Waals surface area contributed by atoms with Crippen molar-refractivity contribution in [3.05, 3.63) is 64.2 Å². The van der Waals surface area contributed by atoms with Gasteiger partial charge in [0.2, 0.25) is 0 Å². The number of hydrogen-bond donors (Lipinski definition) is 1. The number of nitrogens with zero attached hydrogens (tertiary/aromatic N) is 2. The predicted octanol–water partition coefficient (Wildman–Crippen LogP) is 3.99. The molecule has 6 nitrogen and oxygen atoms in total. The molecule has 1 aliphatic rings. The maximum atomic E-state index is 11.6. The van der Waals surface area contributed by atoms with Gasteiger partial charge in [0, 0.05) is 12.8 Å². The number of fused-ring (bicyclic) bond motifs is 1. The number of carbonyl (C=O) groups excluding carboxylic acids is 1. The lowest BCUT2D eigenvalue weighted by Gasteiger charge is -2.32. The molecule has 0 heterocycles. The standard InChI is InChI=1S/C29H39N2O4/c1-4-34-29(33)14-11-22-10-13-26(19-30)28(18-22)35-21-27(32)20-31(2,3)16-15-23-9-12-24-7-5-6-8-25(24)17-23/h9-10,12-13,17-18,27,32H,4-8,11,14-16,20-21H2,1-3H3/q+1/t27-/m1/s1. The molecule has 6 heteroatoms. The fraction of sp³-hybridized carbons (Fsp3) is 0.517. The number of quaternary nitrogens is 1. The first kappa shape index (κ1) is 26.7. The molecular formula is C29H39N2O4+. The van der Waals surface area contributed by atoms with Gasteiger partial charge in [-0.05, 0) is 73.4 Å². The third-order valence-electron chi connectivity index (χ3n) is 6.64. The largest absolute Gasteiger partial charge is 0.489 e. The average Bonchev–Trinajstić information content (AvgIpc) is 2.85.